The van der Waals surface area contributed by atoms with Gasteiger partial charge in [0, 0.05) is 43.9 Å². The molecule has 0 aliphatic carbocycles. The largest absolute Gasteiger partial charge is 0.493 e. The number of benzene rings is 2. The van der Waals surface area contributed by atoms with Crippen LogP contribution in [0.2, 0.25) is 0 Å². The molecule has 2 heterocycles. The number of nitrogens with zero attached hydrogens (tertiary/aromatic N) is 5. The van der Waals surface area contributed by atoms with Crippen molar-refractivity contribution >= 4 is 17.6 Å². The highest BCUT2D eigenvalue weighted by atomic mass is 19.1. The third-order valence-corrected chi connectivity index (χ3v) is 6.54. The molecule has 2 aromatic carbocycles. The van der Waals surface area contributed by atoms with E-state index in [4.69, 9.17) is 9.47 Å². The summed E-state index contributed by atoms with van der Waals surface area (Å²) in [6.07, 6.45) is 2.29. The van der Waals surface area contributed by atoms with Crippen LogP contribution in [0.25, 0.3) is 11.3 Å². The van der Waals surface area contributed by atoms with Crippen molar-refractivity contribution in [3.63, 3.8) is 0 Å². The lowest BCUT2D eigenvalue weighted by Crippen LogP contribution is -2.44. The second-order valence-electron chi connectivity index (χ2n) is 9.05. The Morgan fingerprint density at radius 2 is 1.82 bits per heavy atom. The van der Waals surface area contributed by atoms with Gasteiger partial charge in [-0.1, -0.05) is 12.1 Å². The predicted octanol–water partition coefficient (Wildman–Crippen LogP) is 3.67. The number of carbonyl (C=O) groups is 2. The molecule has 0 atom stereocenters. The van der Waals surface area contributed by atoms with Crippen molar-refractivity contribution in [2.45, 2.75) is 6.42 Å². The summed E-state index contributed by atoms with van der Waals surface area (Å²) in [5.41, 5.74) is 1.76. The maximum atomic E-state index is 13.6. The van der Waals surface area contributed by atoms with E-state index in [-0.39, 0.29) is 24.6 Å². The van der Waals surface area contributed by atoms with Gasteiger partial charge in [0.15, 0.2) is 17.3 Å². The number of hydrogen-bond donors (Lipinski definition) is 0. The number of methoxy groups -OCH3 is 2. The van der Waals surface area contributed by atoms with Crippen molar-refractivity contribution in [2.75, 3.05) is 58.4 Å². The molecule has 0 saturated carbocycles. The minimum Gasteiger partial charge on any atom is -0.493 e. The second-order valence-corrected chi connectivity index (χ2v) is 9.05. The second kappa shape index (κ2) is 12.9. The van der Waals surface area contributed by atoms with Gasteiger partial charge in [0.25, 0.3) is 5.91 Å². The van der Waals surface area contributed by atoms with Crippen molar-refractivity contribution < 1.29 is 23.5 Å². The van der Waals surface area contributed by atoms with Gasteiger partial charge in [-0.15, -0.1) is 16.8 Å². The molecule has 9 nitrogen and oxygen atoms in total. The average molecular weight is 534 g/mol. The Hall–Kier alpha value is -4.47. The van der Waals surface area contributed by atoms with Gasteiger partial charge in [-0.05, 0) is 55.0 Å². The summed E-state index contributed by atoms with van der Waals surface area (Å²) in [6, 6.07) is 14.9. The van der Waals surface area contributed by atoms with Crippen molar-refractivity contribution in [1.82, 2.24) is 20.0 Å². The lowest BCUT2D eigenvalue weighted by atomic mass is 10.1. The monoisotopic (exact) mass is 533 g/mol. The lowest BCUT2D eigenvalue weighted by Gasteiger charge is -2.26. The summed E-state index contributed by atoms with van der Waals surface area (Å²) >= 11 is 0. The van der Waals surface area contributed by atoms with Crippen molar-refractivity contribution in [3.8, 4) is 22.8 Å². The number of aromatic nitrogens is 2. The van der Waals surface area contributed by atoms with Crippen molar-refractivity contribution in [1.29, 1.82) is 0 Å². The van der Waals surface area contributed by atoms with Gasteiger partial charge in [-0.3, -0.25) is 9.59 Å². The Bertz CT molecular complexity index is 1320. The molecule has 4 rings (SSSR count). The Morgan fingerprint density at radius 3 is 2.51 bits per heavy atom. The maximum Gasteiger partial charge on any atom is 0.254 e. The van der Waals surface area contributed by atoms with E-state index in [1.54, 1.807) is 25.2 Å². The molecule has 1 saturated heterocycles. The molecule has 39 heavy (non-hydrogen) atoms. The molecular weight excluding hydrogens is 501 g/mol. The van der Waals surface area contributed by atoms with E-state index in [9.17, 15) is 14.0 Å². The molecule has 0 bridgehead atoms. The SMILES string of the molecule is C=CCN(CC(=O)N1CCCN(c2ccc(-c3ccc(OC)c(OC)c3)nn2)CC1)C(=O)c1cccc(F)c1. The number of anilines is 1. The first kappa shape index (κ1) is 27.6. The van der Waals surface area contributed by atoms with Gasteiger partial charge in [-0.2, -0.15) is 0 Å². The molecule has 0 N–H and O–H groups in total. The molecule has 2 amide bonds. The third-order valence-electron chi connectivity index (χ3n) is 6.54. The Kier molecular flexibility index (Phi) is 9.09. The molecule has 1 aliphatic rings. The average Bonchev–Trinajstić information content (AvgIpc) is 3.23. The summed E-state index contributed by atoms with van der Waals surface area (Å²) in [7, 11) is 3.18. The van der Waals surface area contributed by atoms with Gasteiger partial charge in [0.2, 0.25) is 5.91 Å². The molecule has 1 aliphatic heterocycles. The minimum absolute atomic E-state index is 0.110. The first-order valence-corrected chi connectivity index (χ1v) is 12.7. The fourth-order valence-electron chi connectivity index (χ4n) is 4.48. The molecule has 1 fully saturated rings. The summed E-state index contributed by atoms with van der Waals surface area (Å²) < 4.78 is 24.3. The van der Waals surface area contributed by atoms with Gasteiger partial charge in [0.1, 0.15) is 12.4 Å². The van der Waals surface area contributed by atoms with Crippen molar-refractivity contribution in [3.05, 3.63) is 78.6 Å². The Labute approximate surface area is 227 Å². The van der Waals surface area contributed by atoms with E-state index >= 15 is 0 Å². The van der Waals surface area contributed by atoms with Crippen LogP contribution in [-0.2, 0) is 4.79 Å². The number of amides is 2. The molecule has 3 aromatic rings. The lowest BCUT2D eigenvalue weighted by molar-refractivity contribution is -0.131. The van der Waals surface area contributed by atoms with Crippen LogP contribution in [0.5, 0.6) is 11.5 Å². The van der Waals surface area contributed by atoms with E-state index in [1.807, 2.05) is 30.3 Å². The maximum absolute atomic E-state index is 13.6. The predicted molar refractivity (Wildman–Crippen MR) is 146 cm³/mol. The number of carbonyl (C=O) groups excluding carboxylic acids is 2. The molecule has 1 aromatic heterocycles. The van der Waals surface area contributed by atoms with E-state index in [0.717, 1.165) is 17.8 Å². The van der Waals surface area contributed by atoms with Crippen LogP contribution in [0.15, 0.2) is 67.3 Å². The standard InChI is InChI=1S/C29H32FN5O4/c1-4-13-35(29(37)22-7-5-8-23(30)18-22)20-28(36)34-15-6-14-33(16-17-34)27-12-10-24(31-32-27)21-9-11-25(38-2)26(19-21)39-3/h4-5,7-12,18-19H,1,6,13-17,20H2,2-3H3. The molecule has 204 valence electrons. The molecule has 0 radical (unpaired) electrons. The van der Waals surface area contributed by atoms with Crippen LogP contribution in [0.3, 0.4) is 0 Å². The van der Waals surface area contributed by atoms with Crippen LogP contribution in [0.4, 0.5) is 10.2 Å². The van der Waals surface area contributed by atoms with Crippen LogP contribution in [0, 0.1) is 5.82 Å². The van der Waals surface area contributed by atoms with Gasteiger partial charge >= 0.3 is 0 Å². The van der Waals surface area contributed by atoms with Crippen LogP contribution in [-0.4, -0.2) is 85.3 Å². The number of halogens is 1. The van der Waals surface area contributed by atoms with Crippen LogP contribution in [0.1, 0.15) is 16.8 Å². The van der Waals surface area contributed by atoms with Gasteiger partial charge in [0.05, 0.1) is 19.9 Å². The van der Waals surface area contributed by atoms with E-state index in [2.05, 4.69) is 21.7 Å². The van der Waals surface area contributed by atoms with Crippen LogP contribution < -0.4 is 14.4 Å². The topological polar surface area (TPSA) is 88.1 Å². The highest BCUT2D eigenvalue weighted by Gasteiger charge is 2.24. The molecular formula is C29H32FN5O4. The van der Waals surface area contributed by atoms with E-state index < -0.39 is 11.7 Å². The van der Waals surface area contributed by atoms with Gasteiger partial charge < -0.3 is 24.2 Å². The molecule has 0 spiro atoms. The number of rotatable bonds is 9. The summed E-state index contributed by atoms with van der Waals surface area (Å²) in [6.45, 7) is 6.10. The fraction of sp³-hybridized carbons (Fsp3) is 0.310. The number of hydrogen-bond acceptors (Lipinski definition) is 7. The zero-order chi connectivity index (χ0) is 27.8. The first-order chi connectivity index (χ1) is 18.9. The smallest absolute Gasteiger partial charge is 0.254 e. The Balaban J connectivity index is 1.38. The molecule has 10 heteroatoms. The highest BCUT2D eigenvalue weighted by Crippen LogP contribution is 2.31. The first-order valence-electron chi connectivity index (χ1n) is 12.7. The summed E-state index contributed by atoms with van der Waals surface area (Å²) in [5.74, 6) is 0.895. The fourth-order valence-corrected chi connectivity index (χ4v) is 4.48. The minimum atomic E-state index is -0.502. The Morgan fingerprint density at radius 1 is 1.00 bits per heavy atom. The van der Waals surface area contributed by atoms with Crippen LogP contribution >= 0.6 is 0 Å². The van der Waals surface area contributed by atoms with Gasteiger partial charge in [-0.25, -0.2) is 4.39 Å². The highest BCUT2D eigenvalue weighted by molar-refractivity contribution is 5.96. The quantitative estimate of drug-likeness (QED) is 0.388. The normalized spacial score (nSPS) is 13.4. The van der Waals surface area contributed by atoms with Crippen molar-refractivity contribution in [2.24, 2.45) is 0 Å². The zero-order valence-corrected chi connectivity index (χ0v) is 22.2. The summed E-state index contributed by atoms with van der Waals surface area (Å²) in [4.78, 5) is 31.3. The number of ether oxygens (including phenoxy) is 2. The van der Waals surface area contributed by atoms with E-state index in [0.29, 0.717) is 43.4 Å². The zero-order valence-electron chi connectivity index (χ0n) is 22.2. The van der Waals surface area contributed by atoms with E-state index in [1.165, 1.54) is 29.2 Å². The third kappa shape index (κ3) is 6.70. The summed E-state index contributed by atoms with van der Waals surface area (Å²) in [5, 5.41) is 8.84. The molecule has 0 unspecified atom stereocenters.